The summed E-state index contributed by atoms with van der Waals surface area (Å²) >= 11 is 0. The molecule has 7 nitrogen and oxygen atoms in total. The predicted molar refractivity (Wildman–Crippen MR) is 94.2 cm³/mol. The molecule has 1 aliphatic heterocycles. The van der Waals surface area contributed by atoms with E-state index in [0.29, 0.717) is 11.4 Å². The van der Waals surface area contributed by atoms with Gasteiger partial charge in [0.15, 0.2) is 5.82 Å². The van der Waals surface area contributed by atoms with Gasteiger partial charge in [0.25, 0.3) is 0 Å². The molecule has 2 aromatic rings. The number of hydrogen-bond donors (Lipinski definition) is 1. The van der Waals surface area contributed by atoms with Crippen molar-refractivity contribution in [3.63, 3.8) is 0 Å². The molecular weight excluding hydrogens is 394 g/mol. The Balaban J connectivity index is 1.87. The fraction of sp³-hybridized carbons (Fsp3) is 0.444. The number of hydrogen-bond acceptors (Lipinski definition) is 5. The molecule has 2 atom stereocenters. The van der Waals surface area contributed by atoms with Crippen LogP contribution in [-0.2, 0) is 17.5 Å². The molecule has 29 heavy (non-hydrogen) atoms. The van der Waals surface area contributed by atoms with Crippen LogP contribution >= 0.6 is 0 Å². The van der Waals surface area contributed by atoms with E-state index in [2.05, 4.69) is 15.4 Å². The summed E-state index contributed by atoms with van der Waals surface area (Å²) in [6.45, 7) is 1.04. The van der Waals surface area contributed by atoms with Crippen molar-refractivity contribution >= 4 is 12.0 Å². The van der Waals surface area contributed by atoms with Crippen molar-refractivity contribution in [1.82, 2.24) is 25.1 Å². The lowest BCUT2D eigenvalue weighted by Crippen LogP contribution is -2.36. The summed E-state index contributed by atoms with van der Waals surface area (Å²) in [6, 6.07) is 2.51. The Hall–Kier alpha value is -2.82. The zero-order chi connectivity index (χ0) is 21.2. The monoisotopic (exact) mass is 413 g/mol. The van der Waals surface area contributed by atoms with Gasteiger partial charge in [-0.15, -0.1) is 10.2 Å². The third-order valence-electron chi connectivity index (χ3n) is 4.60. The number of nitrogens with zero attached hydrogens (tertiary/aromatic N) is 5. The number of tetrazole rings is 1. The molecule has 156 valence electrons. The van der Waals surface area contributed by atoms with E-state index in [1.165, 1.54) is 17.0 Å². The minimum atomic E-state index is -4.53. The van der Waals surface area contributed by atoms with Gasteiger partial charge in [-0.2, -0.15) is 18.0 Å². The first-order valence-corrected chi connectivity index (χ1v) is 8.85. The first-order valence-electron chi connectivity index (χ1n) is 8.85. The molecule has 1 aromatic heterocycles. The Morgan fingerprint density at radius 1 is 1.38 bits per heavy atom. The van der Waals surface area contributed by atoms with Gasteiger partial charge in [-0.3, -0.25) is 4.79 Å². The Bertz CT molecular complexity index is 912. The lowest BCUT2D eigenvalue weighted by molar-refractivity contribution is -0.137. The number of aryl methyl sites for hydroxylation is 1. The molecule has 1 N–H and O–H groups in total. The summed E-state index contributed by atoms with van der Waals surface area (Å²) in [5.41, 5.74) is -0.240. The van der Waals surface area contributed by atoms with Crippen LogP contribution in [0.4, 0.5) is 17.6 Å². The van der Waals surface area contributed by atoms with Crippen LogP contribution in [0.15, 0.2) is 24.3 Å². The van der Waals surface area contributed by atoms with Crippen LogP contribution in [-0.4, -0.2) is 61.5 Å². The van der Waals surface area contributed by atoms with Gasteiger partial charge in [0.05, 0.1) is 31.3 Å². The standard InChI is InChI=1S/C18H19F4N5O2/c1-11-23-25-27(24-11)8-13-6-14(18(20,21)22)4-2-12(13)3-5-17(29)26-9-15(19)7-16(26)10-28/h2-6,15-16,28H,7-10H2,1H3/t15-,16-/m0/s1. The molecule has 0 aliphatic carbocycles. The van der Waals surface area contributed by atoms with Gasteiger partial charge in [-0.25, -0.2) is 4.39 Å². The van der Waals surface area contributed by atoms with E-state index in [4.69, 9.17) is 0 Å². The van der Waals surface area contributed by atoms with Gasteiger partial charge in [0.1, 0.15) is 6.17 Å². The summed E-state index contributed by atoms with van der Waals surface area (Å²) in [6.07, 6.45) is -3.17. The van der Waals surface area contributed by atoms with Crippen LogP contribution in [0.5, 0.6) is 0 Å². The third-order valence-corrected chi connectivity index (χ3v) is 4.60. The maximum Gasteiger partial charge on any atom is 0.416 e. The Labute approximate surface area is 163 Å². The number of carbonyl (C=O) groups is 1. The van der Waals surface area contributed by atoms with Crippen LogP contribution in [0, 0.1) is 6.92 Å². The molecular formula is C18H19F4N5O2. The van der Waals surface area contributed by atoms with Crippen molar-refractivity contribution in [1.29, 1.82) is 0 Å². The summed E-state index contributed by atoms with van der Waals surface area (Å²) < 4.78 is 52.8. The molecule has 1 fully saturated rings. The second-order valence-electron chi connectivity index (χ2n) is 6.77. The number of halogens is 4. The molecule has 1 saturated heterocycles. The van der Waals surface area contributed by atoms with Crippen LogP contribution in [0.2, 0.25) is 0 Å². The lowest BCUT2D eigenvalue weighted by atomic mass is 10.0. The summed E-state index contributed by atoms with van der Waals surface area (Å²) in [7, 11) is 0. The highest BCUT2D eigenvalue weighted by Gasteiger charge is 2.34. The highest BCUT2D eigenvalue weighted by atomic mass is 19.4. The summed E-state index contributed by atoms with van der Waals surface area (Å²) in [5.74, 6) is -0.154. The van der Waals surface area contributed by atoms with E-state index < -0.39 is 29.9 Å². The van der Waals surface area contributed by atoms with Gasteiger partial charge in [-0.1, -0.05) is 6.07 Å². The van der Waals surface area contributed by atoms with Crippen molar-refractivity contribution in [3.05, 3.63) is 46.8 Å². The van der Waals surface area contributed by atoms with Gasteiger partial charge in [-0.05, 0) is 41.5 Å². The number of rotatable bonds is 5. The summed E-state index contributed by atoms with van der Waals surface area (Å²) in [4.78, 5) is 14.7. The Morgan fingerprint density at radius 2 is 2.14 bits per heavy atom. The molecule has 0 spiro atoms. The second-order valence-corrected chi connectivity index (χ2v) is 6.77. The average Bonchev–Trinajstić information content (AvgIpc) is 3.24. The molecule has 0 saturated carbocycles. The van der Waals surface area contributed by atoms with Crippen LogP contribution in [0.25, 0.3) is 6.08 Å². The molecule has 0 unspecified atom stereocenters. The van der Waals surface area contributed by atoms with Crippen molar-refractivity contribution in [3.8, 4) is 0 Å². The van der Waals surface area contributed by atoms with Crippen molar-refractivity contribution < 1.29 is 27.5 Å². The molecule has 1 aromatic carbocycles. The summed E-state index contributed by atoms with van der Waals surface area (Å²) in [5, 5.41) is 20.7. The fourth-order valence-corrected chi connectivity index (χ4v) is 3.18. The molecule has 11 heteroatoms. The van der Waals surface area contributed by atoms with Crippen LogP contribution in [0.1, 0.15) is 28.9 Å². The topological polar surface area (TPSA) is 84.1 Å². The van der Waals surface area contributed by atoms with E-state index >= 15 is 0 Å². The zero-order valence-corrected chi connectivity index (χ0v) is 15.5. The average molecular weight is 413 g/mol. The normalized spacial score (nSPS) is 20.0. The largest absolute Gasteiger partial charge is 0.416 e. The maximum atomic E-state index is 13.5. The Morgan fingerprint density at radius 3 is 2.76 bits per heavy atom. The number of aliphatic hydroxyl groups excluding tert-OH is 1. The number of alkyl halides is 4. The second kappa shape index (κ2) is 8.27. The van der Waals surface area contributed by atoms with E-state index in [1.807, 2.05) is 0 Å². The number of likely N-dealkylation sites (tertiary alicyclic amines) is 1. The van der Waals surface area contributed by atoms with E-state index in [1.54, 1.807) is 6.92 Å². The SMILES string of the molecule is Cc1nnn(Cc2cc(C(F)(F)F)ccc2C=CC(=O)N2C[C@@H](F)C[C@H]2CO)n1. The van der Waals surface area contributed by atoms with Gasteiger partial charge in [0.2, 0.25) is 5.91 Å². The minimum Gasteiger partial charge on any atom is -0.394 e. The van der Waals surface area contributed by atoms with Crippen molar-refractivity contribution in [2.24, 2.45) is 0 Å². The Kier molecular flexibility index (Phi) is 5.96. The van der Waals surface area contributed by atoms with Crippen molar-refractivity contribution in [2.75, 3.05) is 13.2 Å². The van der Waals surface area contributed by atoms with Crippen LogP contribution < -0.4 is 0 Å². The molecule has 1 amide bonds. The molecule has 1 aliphatic rings. The fourth-order valence-electron chi connectivity index (χ4n) is 3.18. The molecule has 0 radical (unpaired) electrons. The van der Waals surface area contributed by atoms with Gasteiger partial charge in [0, 0.05) is 12.5 Å². The highest BCUT2D eigenvalue weighted by molar-refractivity contribution is 5.92. The first kappa shape index (κ1) is 20.9. The van der Waals surface area contributed by atoms with E-state index in [0.717, 1.165) is 23.0 Å². The third kappa shape index (κ3) is 4.97. The lowest BCUT2D eigenvalue weighted by Gasteiger charge is -2.20. The first-order chi connectivity index (χ1) is 13.7. The van der Waals surface area contributed by atoms with E-state index in [-0.39, 0.29) is 31.7 Å². The molecule has 0 bridgehead atoms. The van der Waals surface area contributed by atoms with Crippen LogP contribution in [0.3, 0.4) is 0 Å². The molecule has 2 heterocycles. The quantitative estimate of drug-likeness (QED) is 0.599. The molecule has 3 rings (SSSR count). The predicted octanol–water partition coefficient (Wildman–Crippen LogP) is 1.99. The van der Waals surface area contributed by atoms with Gasteiger partial charge < -0.3 is 10.0 Å². The number of aliphatic hydroxyl groups is 1. The number of benzene rings is 1. The smallest absolute Gasteiger partial charge is 0.394 e. The zero-order valence-electron chi connectivity index (χ0n) is 15.5. The number of amides is 1. The van der Waals surface area contributed by atoms with Crippen molar-refractivity contribution in [2.45, 2.75) is 38.3 Å². The van der Waals surface area contributed by atoms with E-state index in [9.17, 15) is 27.5 Å². The highest BCUT2D eigenvalue weighted by Crippen LogP contribution is 2.31. The minimum absolute atomic E-state index is 0.0545. The van der Waals surface area contributed by atoms with Gasteiger partial charge >= 0.3 is 6.18 Å². The maximum absolute atomic E-state index is 13.5. The number of aromatic nitrogens is 4. The number of carbonyl (C=O) groups excluding carboxylic acids is 1.